The molecule has 0 radical (unpaired) electrons. The van der Waals surface area contributed by atoms with Crippen LogP contribution in [0.5, 0.6) is 0 Å². The van der Waals surface area contributed by atoms with Crippen LogP contribution in [0.3, 0.4) is 0 Å². The highest BCUT2D eigenvalue weighted by Crippen LogP contribution is 2.26. The molecular weight excluding hydrogens is 170 g/mol. The second-order valence-electron chi connectivity index (χ2n) is 4.43. The molecule has 0 amide bonds. The minimum absolute atomic E-state index is 1.23. The Morgan fingerprint density at radius 1 is 0.786 bits per heavy atom. The highest BCUT2D eigenvalue weighted by molar-refractivity contribution is 5.40. The van der Waals surface area contributed by atoms with Gasteiger partial charge in [-0.2, -0.15) is 0 Å². The highest BCUT2D eigenvalue weighted by atomic mass is 14.7. The fraction of sp³-hybridized carbons (Fsp3) is 0.615. The molecule has 1 aliphatic rings. The van der Waals surface area contributed by atoms with E-state index in [1.54, 1.807) is 11.1 Å². The first-order chi connectivity index (χ1) is 6.70. The van der Waals surface area contributed by atoms with Gasteiger partial charge in [-0.3, -0.25) is 4.98 Å². The van der Waals surface area contributed by atoms with Crippen LogP contribution in [0.25, 0.3) is 0 Å². The normalized spacial score (nSPS) is 16.2. The lowest BCUT2D eigenvalue weighted by Gasteiger charge is -2.14. The molecular formula is C13H19N. The molecule has 1 aromatic rings. The van der Waals surface area contributed by atoms with Crippen molar-refractivity contribution in [2.45, 2.75) is 52.9 Å². The van der Waals surface area contributed by atoms with E-state index in [2.05, 4.69) is 25.8 Å². The smallest absolute Gasteiger partial charge is 0.0410 e. The number of rotatable bonds is 0. The summed E-state index contributed by atoms with van der Waals surface area (Å²) in [6, 6.07) is 0. The van der Waals surface area contributed by atoms with E-state index in [0.717, 1.165) is 0 Å². The van der Waals surface area contributed by atoms with Gasteiger partial charge in [-0.05, 0) is 63.1 Å². The van der Waals surface area contributed by atoms with Gasteiger partial charge in [-0.1, -0.05) is 6.42 Å². The van der Waals surface area contributed by atoms with E-state index in [-0.39, 0.29) is 0 Å². The van der Waals surface area contributed by atoms with Gasteiger partial charge in [0.25, 0.3) is 0 Å². The number of nitrogens with zero attached hydrogens (tertiary/aromatic N) is 1. The average Bonchev–Trinajstić information content (AvgIpc) is 2.39. The Morgan fingerprint density at radius 3 is 2.14 bits per heavy atom. The third-order valence-electron chi connectivity index (χ3n) is 3.49. The number of hydrogen-bond donors (Lipinski definition) is 0. The summed E-state index contributed by atoms with van der Waals surface area (Å²) in [7, 11) is 0. The molecule has 0 aromatic carbocycles. The van der Waals surface area contributed by atoms with Crippen molar-refractivity contribution in [3.63, 3.8) is 0 Å². The van der Waals surface area contributed by atoms with E-state index in [1.165, 1.54) is 49.1 Å². The van der Waals surface area contributed by atoms with E-state index in [0.29, 0.717) is 0 Å². The molecule has 1 aliphatic carbocycles. The first-order valence-electron chi connectivity index (χ1n) is 5.65. The van der Waals surface area contributed by atoms with Crippen molar-refractivity contribution < 1.29 is 0 Å². The van der Waals surface area contributed by atoms with Crippen LogP contribution in [0.15, 0.2) is 0 Å². The minimum atomic E-state index is 1.23. The van der Waals surface area contributed by atoms with Gasteiger partial charge in [0.1, 0.15) is 0 Å². The van der Waals surface area contributed by atoms with E-state index >= 15 is 0 Å². The molecule has 1 nitrogen and oxygen atoms in total. The van der Waals surface area contributed by atoms with Crippen LogP contribution in [0.1, 0.15) is 47.3 Å². The Labute approximate surface area is 86.6 Å². The fourth-order valence-corrected chi connectivity index (χ4v) is 2.52. The summed E-state index contributed by atoms with van der Waals surface area (Å²) in [4.78, 5) is 4.63. The molecule has 0 bridgehead atoms. The third kappa shape index (κ3) is 1.56. The molecule has 2 rings (SSSR count). The van der Waals surface area contributed by atoms with Gasteiger partial charge < -0.3 is 0 Å². The molecule has 76 valence electrons. The fourth-order valence-electron chi connectivity index (χ4n) is 2.52. The first-order valence-corrected chi connectivity index (χ1v) is 5.65. The predicted octanol–water partition coefficient (Wildman–Crippen LogP) is 3.28. The molecule has 0 N–H and O–H groups in total. The molecule has 0 unspecified atom stereocenters. The quantitative estimate of drug-likeness (QED) is 0.571. The zero-order valence-corrected chi connectivity index (χ0v) is 9.48. The van der Waals surface area contributed by atoms with Gasteiger partial charge in [0.05, 0.1) is 0 Å². The van der Waals surface area contributed by atoms with E-state index in [4.69, 9.17) is 0 Å². The van der Waals surface area contributed by atoms with Crippen LogP contribution < -0.4 is 0 Å². The lowest BCUT2D eigenvalue weighted by molar-refractivity contribution is 0.710. The predicted molar refractivity (Wildman–Crippen MR) is 59.7 cm³/mol. The Kier molecular flexibility index (Phi) is 2.58. The van der Waals surface area contributed by atoms with Gasteiger partial charge in [-0.25, -0.2) is 0 Å². The molecule has 0 saturated heterocycles. The Morgan fingerprint density at radius 2 is 1.43 bits per heavy atom. The number of aryl methyl sites for hydroxylation is 2. The molecule has 0 fully saturated rings. The molecule has 1 heterocycles. The summed E-state index contributed by atoms with van der Waals surface area (Å²) in [5.74, 6) is 0. The number of aromatic nitrogens is 1. The van der Waals surface area contributed by atoms with Crippen molar-refractivity contribution in [3.8, 4) is 0 Å². The molecule has 0 spiro atoms. The van der Waals surface area contributed by atoms with Crippen molar-refractivity contribution in [2.75, 3.05) is 0 Å². The zero-order chi connectivity index (χ0) is 10.1. The molecule has 0 saturated carbocycles. The molecule has 14 heavy (non-hydrogen) atoms. The summed E-state index contributed by atoms with van der Waals surface area (Å²) in [5, 5.41) is 0. The monoisotopic (exact) mass is 189 g/mol. The molecule has 0 atom stereocenters. The second-order valence-corrected chi connectivity index (χ2v) is 4.43. The SMILES string of the molecule is Cc1nc(C)c2c(c1C)CCCCC2. The Hall–Kier alpha value is -0.850. The lowest BCUT2D eigenvalue weighted by atomic mass is 9.96. The van der Waals surface area contributed by atoms with Crippen LogP contribution in [0.4, 0.5) is 0 Å². The molecule has 1 heteroatoms. The van der Waals surface area contributed by atoms with Crippen LogP contribution >= 0.6 is 0 Å². The van der Waals surface area contributed by atoms with Crippen molar-refractivity contribution in [1.29, 1.82) is 0 Å². The lowest BCUT2D eigenvalue weighted by Crippen LogP contribution is -2.03. The topological polar surface area (TPSA) is 12.9 Å². The summed E-state index contributed by atoms with van der Waals surface area (Å²) >= 11 is 0. The van der Waals surface area contributed by atoms with Crippen LogP contribution in [-0.2, 0) is 12.8 Å². The highest BCUT2D eigenvalue weighted by Gasteiger charge is 2.14. The van der Waals surface area contributed by atoms with Gasteiger partial charge in [0.2, 0.25) is 0 Å². The van der Waals surface area contributed by atoms with Crippen molar-refractivity contribution >= 4 is 0 Å². The third-order valence-corrected chi connectivity index (χ3v) is 3.49. The van der Waals surface area contributed by atoms with Gasteiger partial charge in [-0.15, -0.1) is 0 Å². The van der Waals surface area contributed by atoms with Crippen molar-refractivity contribution in [3.05, 3.63) is 28.1 Å². The Bertz CT molecular complexity index is 353. The number of hydrogen-bond acceptors (Lipinski definition) is 1. The number of pyridine rings is 1. The summed E-state index contributed by atoms with van der Waals surface area (Å²) < 4.78 is 0. The summed E-state index contributed by atoms with van der Waals surface area (Å²) in [6.45, 7) is 6.52. The van der Waals surface area contributed by atoms with Crippen molar-refractivity contribution in [1.82, 2.24) is 4.98 Å². The van der Waals surface area contributed by atoms with Gasteiger partial charge in [0, 0.05) is 11.4 Å². The minimum Gasteiger partial charge on any atom is -0.258 e. The maximum Gasteiger partial charge on any atom is 0.0410 e. The van der Waals surface area contributed by atoms with Crippen LogP contribution in [0, 0.1) is 20.8 Å². The maximum atomic E-state index is 4.63. The second kappa shape index (κ2) is 3.72. The van der Waals surface area contributed by atoms with Crippen LogP contribution in [-0.4, -0.2) is 4.98 Å². The van der Waals surface area contributed by atoms with E-state index in [1.807, 2.05) is 0 Å². The standard InChI is InChI=1S/C13H19N/c1-9-10(2)14-11(3)13-8-6-4-5-7-12(9)13/h4-8H2,1-3H3. The van der Waals surface area contributed by atoms with Crippen molar-refractivity contribution in [2.24, 2.45) is 0 Å². The van der Waals surface area contributed by atoms with Crippen LogP contribution in [0.2, 0.25) is 0 Å². The summed E-state index contributed by atoms with van der Waals surface area (Å²) in [6.07, 6.45) is 6.60. The Balaban J connectivity index is 2.57. The molecule has 0 aliphatic heterocycles. The van der Waals surface area contributed by atoms with Gasteiger partial charge >= 0.3 is 0 Å². The van der Waals surface area contributed by atoms with Gasteiger partial charge in [0.15, 0.2) is 0 Å². The van der Waals surface area contributed by atoms with E-state index < -0.39 is 0 Å². The first kappa shape index (κ1) is 9.70. The summed E-state index contributed by atoms with van der Waals surface area (Å²) in [5.41, 5.74) is 7.08. The van der Waals surface area contributed by atoms with E-state index in [9.17, 15) is 0 Å². The molecule has 1 aromatic heterocycles. The zero-order valence-electron chi connectivity index (χ0n) is 9.48. The average molecular weight is 189 g/mol. The number of fused-ring (bicyclic) bond motifs is 1. The largest absolute Gasteiger partial charge is 0.258 e. The maximum absolute atomic E-state index is 4.63.